The van der Waals surface area contributed by atoms with Crippen molar-refractivity contribution in [2.24, 2.45) is 11.3 Å². The number of hydrogen-bond donors (Lipinski definition) is 2. The number of amides is 1. The number of aliphatic hydroxyl groups excluding tert-OH is 1. The topological polar surface area (TPSA) is 58.6 Å². The highest BCUT2D eigenvalue weighted by Gasteiger charge is 2.40. The summed E-state index contributed by atoms with van der Waals surface area (Å²) >= 11 is 0. The second-order valence-electron chi connectivity index (χ2n) is 6.55. The van der Waals surface area contributed by atoms with Crippen LogP contribution in [-0.4, -0.2) is 37.4 Å². The summed E-state index contributed by atoms with van der Waals surface area (Å²) in [5.74, 6) is 0.512. The quantitative estimate of drug-likeness (QED) is 0.753. The van der Waals surface area contributed by atoms with Gasteiger partial charge in [-0.1, -0.05) is 25.7 Å². The lowest BCUT2D eigenvalue weighted by molar-refractivity contribution is -0.132. The number of carbonyl (C=O) groups excluding carboxylic acids is 1. The van der Waals surface area contributed by atoms with Gasteiger partial charge in [0.05, 0.1) is 11.5 Å². The van der Waals surface area contributed by atoms with Crippen molar-refractivity contribution < 1.29 is 14.6 Å². The van der Waals surface area contributed by atoms with Crippen LogP contribution in [0.25, 0.3) is 0 Å². The van der Waals surface area contributed by atoms with Crippen molar-refractivity contribution in [2.45, 2.75) is 63.9 Å². The molecule has 0 aromatic heterocycles. The fraction of sp³-hybridized carbons (Fsp3) is 0.938. The Morgan fingerprint density at radius 1 is 1.30 bits per heavy atom. The average Bonchev–Trinajstić information content (AvgIpc) is 3.13. The molecule has 0 saturated heterocycles. The summed E-state index contributed by atoms with van der Waals surface area (Å²) in [5.41, 5.74) is -0.245. The molecule has 2 rings (SSSR count). The summed E-state index contributed by atoms with van der Waals surface area (Å²) < 4.78 is 5.16. The van der Waals surface area contributed by atoms with Gasteiger partial charge in [-0.05, 0) is 38.0 Å². The summed E-state index contributed by atoms with van der Waals surface area (Å²) in [5, 5.41) is 13.2. The first-order valence-corrected chi connectivity index (χ1v) is 8.13. The molecule has 2 saturated carbocycles. The molecule has 2 aliphatic rings. The third kappa shape index (κ3) is 3.73. The summed E-state index contributed by atoms with van der Waals surface area (Å²) in [7, 11) is 1.68. The molecule has 2 fully saturated rings. The van der Waals surface area contributed by atoms with E-state index in [1.165, 1.54) is 12.8 Å². The largest absolute Gasteiger partial charge is 0.391 e. The van der Waals surface area contributed by atoms with Crippen molar-refractivity contribution >= 4 is 5.91 Å². The number of methoxy groups -OCH3 is 1. The highest BCUT2D eigenvalue weighted by atomic mass is 16.5. The van der Waals surface area contributed by atoms with Crippen LogP contribution in [0.1, 0.15) is 57.8 Å². The van der Waals surface area contributed by atoms with E-state index in [1.807, 2.05) is 0 Å². The van der Waals surface area contributed by atoms with Crippen LogP contribution in [0.3, 0.4) is 0 Å². The van der Waals surface area contributed by atoms with Gasteiger partial charge < -0.3 is 15.2 Å². The monoisotopic (exact) mass is 283 g/mol. The van der Waals surface area contributed by atoms with Gasteiger partial charge in [-0.25, -0.2) is 0 Å². The molecule has 0 radical (unpaired) electrons. The highest BCUT2D eigenvalue weighted by molar-refractivity contribution is 5.82. The van der Waals surface area contributed by atoms with E-state index in [0.29, 0.717) is 19.1 Å². The Morgan fingerprint density at radius 3 is 2.55 bits per heavy atom. The Balaban J connectivity index is 1.82. The first-order valence-electron chi connectivity index (χ1n) is 8.13. The summed E-state index contributed by atoms with van der Waals surface area (Å²) in [6, 6.07) is 0. The summed E-state index contributed by atoms with van der Waals surface area (Å²) in [6.07, 6.45) is 9.24. The first-order chi connectivity index (χ1) is 9.68. The van der Waals surface area contributed by atoms with Gasteiger partial charge in [-0.15, -0.1) is 0 Å². The Bertz CT molecular complexity index is 307. The zero-order chi connectivity index (χ0) is 14.4. The molecule has 0 aliphatic heterocycles. The molecule has 2 aliphatic carbocycles. The van der Waals surface area contributed by atoms with E-state index in [4.69, 9.17) is 4.74 Å². The fourth-order valence-corrected chi connectivity index (χ4v) is 3.83. The lowest BCUT2D eigenvalue weighted by Crippen LogP contribution is -2.44. The Labute approximate surface area is 122 Å². The maximum atomic E-state index is 12.5. The summed E-state index contributed by atoms with van der Waals surface area (Å²) in [4.78, 5) is 12.5. The van der Waals surface area contributed by atoms with Crippen LogP contribution in [0, 0.1) is 11.3 Å². The SMILES string of the molecule is COCCC1(C(=O)NCC(O)C2CCCC2)CCCC1. The molecule has 1 amide bonds. The van der Waals surface area contributed by atoms with Crippen LogP contribution in [0.2, 0.25) is 0 Å². The molecule has 0 bridgehead atoms. The molecule has 4 heteroatoms. The predicted octanol–water partition coefficient (Wildman–Crippen LogP) is 2.25. The Hall–Kier alpha value is -0.610. The minimum absolute atomic E-state index is 0.129. The number of hydrogen-bond acceptors (Lipinski definition) is 3. The molecule has 20 heavy (non-hydrogen) atoms. The fourth-order valence-electron chi connectivity index (χ4n) is 3.83. The zero-order valence-electron chi connectivity index (χ0n) is 12.7. The molecule has 1 unspecified atom stereocenters. The summed E-state index contributed by atoms with van der Waals surface area (Å²) in [6.45, 7) is 1.05. The van der Waals surface area contributed by atoms with Gasteiger partial charge in [0.15, 0.2) is 0 Å². The van der Waals surface area contributed by atoms with Crippen LogP contribution in [0.5, 0.6) is 0 Å². The van der Waals surface area contributed by atoms with Crippen LogP contribution in [0.4, 0.5) is 0 Å². The molecule has 0 aromatic rings. The lowest BCUT2D eigenvalue weighted by Gasteiger charge is -2.28. The number of carbonyl (C=O) groups is 1. The number of nitrogens with one attached hydrogen (secondary N) is 1. The van der Waals surface area contributed by atoms with Gasteiger partial charge >= 0.3 is 0 Å². The van der Waals surface area contributed by atoms with Crippen LogP contribution >= 0.6 is 0 Å². The molecule has 2 N–H and O–H groups in total. The van der Waals surface area contributed by atoms with Crippen LogP contribution in [0.15, 0.2) is 0 Å². The average molecular weight is 283 g/mol. The van der Waals surface area contributed by atoms with Crippen LogP contribution in [-0.2, 0) is 9.53 Å². The molecule has 1 atom stereocenters. The van der Waals surface area contributed by atoms with Crippen LogP contribution < -0.4 is 5.32 Å². The molecule has 0 heterocycles. The van der Waals surface area contributed by atoms with E-state index >= 15 is 0 Å². The standard InChI is InChI=1S/C16H29NO3/c1-20-11-10-16(8-4-5-9-16)15(19)17-12-14(18)13-6-2-3-7-13/h13-14,18H,2-12H2,1H3,(H,17,19). The maximum Gasteiger partial charge on any atom is 0.226 e. The number of rotatable bonds is 7. The third-order valence-electron chi connectivity index (χ3n) is 5.24. The van der Waals surface area contributed by atoms with E-state index < -0.39 is 0 Å². The van der Waals surface area contributed by atoms with E-state index in [-0.39, 0.29) is 17.4 Å². The molecule has 116 valence electrons. The number of aliphatic hydroxyl groups is 1. The zero-order valence-corrected chi connectivity index (χ0v) is 12.7. The second kappa shape index (κ2) is 7.41. The molecule has 0 spiro atoms. The highest BCUT2D eigenvalue weighted by Crippen LogP contribution is 2.41. The molecular weight excluding hydrogens is 254 g/mol. The third-order valence-corrected chi connectivity index (χ3v) is 5.24. The minimum atomic E-state index is -0.373. The lowest BCUT2D eigenvalue weighted by atomic mass is 9.82. The second-order valence-corrected chi connectivity index (χ2v) is 6.55. The van der Waals surface area contributed by atoms with Crippen molar-refractivity contribution in [3.8, 4) is 0 Å². The molecule has 4 nitrogen and oxygen atoms in total. The van der Waals surface area contributed by atoms with E-state index in [9.17, 15) is 9.90 Å². The van der Waals surface area contributed by atoms with Crippen molar-refractivity contribution in [1.82, 2.24) is 5.32 Å². The van der Waals surface area contributed by atoms with Crippen molar-refractivity contribution in [3.63, 3.8) is 0 Å². The van der Waals surface area contributed by atoms with Gasteiger partial charge in [-0.3, -0.25) is 4.79 Å². The maximum absolute atomic E-state index is 12.5. The van der Waals surface area contributed by atoms with Gasteiger partial charge in [-0.2, -0.15) is 0 Å². The van der Waals surface area contributed by atoms with Gasteiger partial charge in [0, 0.05) is 20.3 Å². The van der Waals surface area contributed by atoms with Crippen molar-refractivity contribution in [3.05, 3.63) is 0 Å². The van der Waals surface area contributed by atoms with E-state index in [0.717, 1.165) is 44.9 Å². The number of ether oxygens (including phenoxy) is 1. The van der Waals surface area contributed by atoms with Gasteiger partial charge in [0.1, 0.15) is 0 Å². The van der Waals surface area contributed by atoms with Crippen molar-refractivity contribution in [1.29, 1.82) is 0 Å². The van der Waals surface area contributed by atoms with Gasteiger partial charge in [0.2, 0.25) is 5.91 Å². The van der Waals surface area contributed by atoms with Gasteiger partial charge in [0.25, 0.3) is 0 Å². The Morgan fingerprint density at radius 2 is 1.95 bits per heavy atom. The molecular formula is C16H29NO3. The first kappa shape index (κ1) is 15.8. The van der Waals surface area contributed by atoms with Crippen molar-refractivity contribution in [2.75, 3.05) is 20.3 Å². The smallest absolute Gasteiger partial charge is 0.226 e. The van der Waals surface area contributed by atoms with E-state index in [1.54, 1.807) is 7.11 Å². The Kier molecular flexibility index (Phi) is 5.85. The normalized spacial score (nSPS) is 23.9. The minimum Gasteiger partial charge on any atom is -0.391 e. The van der Waals surface area contributed by atoms with E-state index in [2.05, 4.69) is 5.32 Å². The predicted molar refractivity (Wildman–Crippen MR) is 78.4 cm³/mol. The molecule has 0 aromatic carbocycles.